The molecule has 1 heterocycles. The Hall–Kier alpha value is -2.84. The van der Waals surface area contributed by atoms with E-state index in [1.165, 1.54) is 6.07 Å². The van der Waals surface area contributed by atoms with Crippen molar-refractivity contribution in [1.29, 1.82) is 0 Å². The molecule has 0 saturated heterocycles. The molecule has 0 aliphatic heterocycles. The van der Waals surface area contributed by atoms with Crippen LogP contribution in [0.3, 0.4) is 0 Å². The Labute approximate surface area is 141 Å². The van der Waals surface area contributed by atoms with Crippen molar-refractivity contribution < 1.29 is 24.3 Å². The van der Waals surface area contributed by atoms with Gasteiger partial charge in [0.1, 0.15) is 17.2 Å². The predicted molar refractivity (Wildman–Crippen MR) is 87.1 cm³/mol. The first-order valence-electron chi connectivity index (χ1n) is 6.77. The highest BCUT2D eigenvalue weighted by Crippen LogP contribution is 2.41. The number of nitrogens with zero attached hydrogens (tertiary/aromatic N) is 1. The summed E-state index contributed by atoms with van der Waals surface area (Å²) in [5.74, 6) is -1.86. The lowest BCUT2D eigenvalue weighted by Gasteiger charge is -2.07. The van der Waals surface area contributed by atoms with Gasteiger partial charge in [-0.3, -0.25) is 9.59 Å². The molecule has 126 valence electrons. The summed E-state index contributed by atoms with van der Waals surface area (Å²) < 4.78 is 5.11. The average Bonchev–Trinajstić information content (AvgIpc) is 2.94. The van der Waals surface area contributed by atoms with E-state index < -0.39 is 11.7 Å². The van der Waals surface area contributed by atoms with E-state index in [4.69, 9.17) is 21.9 Å². The number of hydrogen-bond acceptors (Lipinski definition) is 7. The monoisotopic (exact) mass is 351 g/mol. The van der Waals surface area contributed by atoms with Gasteiger partial charge in [0.15, 0.2) is 17.2 Å². The van der Waals surface area contributed by atoms with Crippen LogP contribution in [-0.2, 0) is 4.79 Å². The lowest BCUT2D eigenvalue weighted by molar-refractivity contribution is -0.111. The largest absolute Gasteiger partial charge is 0.507 e. The Bertz CT molecular complexity index is 816. The quantitative estimate of drug-likeness (QED) is 0.461. The minimum Gasteiger partial charge on any atom is -0.507 e. The highest BCUT2D eigenvalue weighted by Gasteiger charge is 2.26. The fourth-order valence-corrected chi connectivity index (χ4v) is 2.10. The van der Waals surface area contributed by atoms with Gasteiger partial charge in [-0.15, -0.1) is 0 Å². The van der Waals surface area contributed by atoms with Gasteiger partial charge in [-0.25, -0.2) is 0 Å². The van der Waals surface area contributed by atoms with Crippen LogP contribution in [0.4, 0.5) is 5.69 Å². The van der Waals surface area contributed by atoms with Crippen molar-refractivity contribution in [2.24, 2.45) is 5.73 Å². The fourth-order valence-electron chi connectivity index (χ4n) is 1.94. The van der Waals surface area contributed by atoms with Crippen LogP contribution < -0.4 is 11.1 Å². The van der Waals surface area contributed by atoms with Gasteiger partial charge in [0.25, 0.3) is 0 Å². The van der Waals surface area contributed by atoms with Crippen molar-refractivity contribution in [1.82, 2.24) is 5.16 Å². The highest BCUT2D eigenvalue weighted by molar-refractivity contribution is 6.32. The number of phenolic OH excluding ortho intramolecular Hbond substituents is 2. The second-order valence-corrected chi connectivity index (χ2v) is 5.12. The van der Waals surface area contributed by atoms with Gasteiger partial charge in [0.05, 0.1) is 10.6 Å². The molecule has 0 unspecified atom stereocenters. The molecule has 1 aromatic heterocycles. The molecule has 0 radical (unpaired) electrons. The van der Waals surface area contributed by atoms with E-state index in [1.54, 1.807) is 0 Å². The van der Waals surface area contributed by atoms with Crippen molar-refractivity contribution >= 4 is 29.0 Å². The Morgan fingerprint density at radius 1 is 1.38 bits per heavy atom. The fraction of sp³-hybridized carbons (Fsp3) is 0.133. The molecule has 0 atom stereocenters. The number of aromatic hydroxyl groups is 2. The van der Waals surface area contributed by atoms with E-state index in [-0.39, 0.29) is 52.2 Å². The Kier molecular flexibility index (Phi) is 5.22. The van der Waals surface area contributed by atoms with Crippen molar-refractivity contribution in [3.8, 4) is 22.8 Å². The number of carbonyl (C=O) groups excluding carboxylic acids is 2. The number of rotatable bonds is 6. The van der Waals surface area contributed by atoms with Gasteiger partial charge < -0.3 is 25.8 Å². The van der Waals surface area contributed by atoms with Crippen LogP contribution in [-0.4, -0.2) is 33.6 Å². The van der Waals surface area contributed by atoms with E-state index in [9.17, 15) is 19.8 Å². The molecule has 1 aromatic carbocycles. The lowest BCUT2D eigenvalue weighted by Crippen LogP contribution is -2.14. The first-order valence-corrected chi connectivity index (χ1v) is 7.15. The van der Waals surface area contributed by atoms with Gasteiger partial charge in [-0.1, -0.05) is 23.3 Å². The topological polar surface area (TPSA) is 139 Å². The Morgan fingerprint density at radius 2 is 2.08 bits per heavy atom. The Morgan fingerprint density at radius 3 is 2.71 bits per heavy atom. The van der Waals surface area contributed by atoms with E-state index in [2.05, 4.69) is 17.1 Å². The van der Waals surface area contributed by atoms with E-state index in [1.807, 2.05) is 0 Å². The predicted octanol–water partition coefficient (Wildman–Crippen LogP) is 2.06. The molecule has 0 aliphatic rings. The third-order valence-corrected chi connectivity index (χ3v) is 3.37. The van der Waals surface area contributed by atoms with Gasteiger partial charge in [-0.2, -0.15) is 0 Å². The summed E-state index contributed by atoms with van der Waals surface area (Å²) in [5.41, 5.74) is 5.20. The molecule has 0 saturated carbocycles. The molecule has 0 spiro atoms. The molecule has 0 aliphatic carbocycles. The Balaban J connectivity index is 2.61. The molecule has 8 nitrogen and oxygen atoms in total. The van der Waals surface area contributed by atoms with Crippen LogP contribution in [0.15, 0.2) is 29.3 Å². The number of nitrogens with one attached hydrogen (secondary N) is 1. The summed E-state index contributed by atoms with van der Waals surface area (Å²) in [6, 6.07) is 2.22. The number of carbonyl (C=O) groups is 2. The zero-order valence-electron chi connectivity index (χ0n) is 12.4. The molecule has 5 N–H and O–H groups in total. The molecular formula is C15H14ClN3O5. The molecule has 1 amide bonds. The van der Waals surface area contributed by atoms with E-state index in [0.717, 1.165) is 12.1 Å². The minimum absolute atomic E-state index is 0.00868. The average molecular weight is 352 g/mol. The molecule has 2 rings (SSSR count). The number of ketones is 1. The number of benzene rings is 1. The first-order chi connectivity index (χ1) is 11.4. The summed E-state index contributed by atoms with van der Waals surface area (Å²) in [7, 11) is 0. The van der Waals surface area contributed by atoms with Crippen molar-refractivity contribution in [2.45, 2.75) is 6.42 Å². The molecule has 24 heavy (non-hydrogen) atoms. The van der Waals surface area contributed by atoms with E-state index in [0.29, 0.717) is 0 Å². The summed E-state index contributed by atoms with van der Waals surface area (Å²) >= 11 is 5.83. The van der Waals surface area contributed by atoms with Crippen molar-refractivity contribution in [2.75, 3.05) is 11.9 Å². The molecule has 0 fully saturated rings. The lowest BCUT2D eigenvalue weighted by atomic mass is 10.1. The summed E-state index contributed by atoms with van der Waals surface area (Å²) in [6.45, 7) is 3.42. The van der Waals surface area contributed by atoms with Gasteiger partial charge >= 0.3 is 0 Å². The molecule has 2 aromatic rings. The van der Waals surface area contributed by atoms with Crippen LogP contribution in [0.25, 0.3) is 11.3 Å². The van der Waals surface area contributed by atoms with Crippen LogP contribution >= 0.6 is 11.6 Å². The van der Waals surface area contributed by atoms with Crippen LogP contribution in [0.2, 0.25) is 5.02 Å². The number of phenols is 2. The van der Waals surface area contributed by atoms with Crippen molar-refractivity contribution in [3.63, 3.8) is 0 Å². The van der Waals surface area contributed by atoms with Crippen LogP contribution in [0.1, 0.15) is 16.9 Å². The van der Waals surface area contributed by atoms with Crippen LogP contribution in [0.5, 0.6) is 11.5 Å². The molecule has 0 bridgehead atoms. The number of nitrogens with two attached hydrogens (primary N) is 1. The highest BCUT2D eigenvalue weighted by atomic mass is 35.5. The second-order valence-electron chi connectivity index (χ2n) is 4.71. The third kappa shape index (κ3) is 3.39. The second kappa shape index (κ2) is 7.16. The number of halogens is 1. The van der Waals surface area contributed by atoms with Gasteiger partial charge in [-0.05, 0) is 18.7 Å². The first kappa shape index (κ1) is 17.5. The van der Waals surface area contributed by atoms with Gasteiger partial charge in [0.2, 0.25) is 5.91 Å². The zero-order chi connectivity index (χ0) is 17.9. The van der Waals surface area contributed by atoms with Crippen LogP contribution in [0, 0.1) is 0 Å². The van der Waals surface area contributed by atoms with Crippen molar-refractivity contribution in [3.05, 3.63) is 35.5 Å². The molecule has 9 heteroatoms. The van der Waals surface area contributed by atoms with Gasteiger partial charge in [0, 0.05) is 12.5 Å². The zero-order valence-corrected chi connectivity index (χ0v) is 13.1. The third-order valence-electron chi connectivity index (χ3n) is 3.07. The van der Waals surface area contributed by atoms with E-state index >= 15 is 0 Å². The minimum atomic E-state index is -0.606. The SMILES string of the molecule is C=CC(=O)Nc1c(C(=O)CCN)noc1-c1cc(Cl)c(O)cc1O. The number of amides is 1. The maximum Gasteiger partial charge on any atom is 0.247 e. The normalized spacial score (nSPS) is 10.4. The maximum atomic E-state index is 12.1. The molecular weight excluding hydrogens is 338 g/mol. The number of Topliss-reactive ketones (excluding diaryl/α,β-unsaturated/α-hetero) is 1. The summed E-state index contributed by atoms with van der Waals surface area (Å²) in [6.07, 6.45) is 0.989. The summed E-state index contributed by atoms with van der Waals surface area (Å²) in [5, 5.41) is 25.5. The number of aromatic nitrogens is 1. The maximum absolute atomic E-state index is 12.1. The number of hydrogen-bond donors (Lipinski definition) is 4. The summed E-state index contributed by atoms with van der Waals surface area (Å²) in [4.78, 5) is 23.7. The standard InChI is InChI=1S/C15H14ClN3O5/c1-2-12(23)18-14-13(9(20)3-4-17)19-24-15(14)7-5-8(16)11(22)6-10(7)21/h2,5-6,21-22H,1,3-4,17H2,(H,18,23). The smallest absolute Gasteiger partial charge is 0.247 e. The number of anilines is 1.